The Hall–Kier alpha value is -2.33. The highest BCUT2D eigenvalue weighted by Crippen LogP contribution is 2.19. The van der Waals surface area contributed by atoms with Crippen molar-refractivity contribution in [2.75, 3.05) is 5.32 Å². The first-order chi connectivity index (χ1) is 9.97. The Morgan fingerprint density at radius 3 is 2.43 bits per heavy atom. The largest absolute Gasteiger partial charge is 0.478 e. The van der Waals surface area contributed by atoms with Gasteiger partial charge in [-0.25, -0.2) is 4.79 Å². The Bertz CT molecular complexity index is 680. The molecule has 2 N–H and O–H groups in total. The summed E-state index contributed by atoms with van der Waals surface area (Å²) in [4.78, 5) is 23.1. The van der Waals surface area contributed by atoms with Crippen LogP contribution in [0.15, 0.2) is 42.5 Å². The first kappa shape index (κ1) is 15.1. The molecule has 5 heteroatoms. The van der Waals surface area contributed by atoms with Gasteiger partial charge in [0.2, 0.25) is 5.91 Å². The molecule has 0 aliphatic carbocycles. The molecule has 1 amide bonds. The smallest absolute Gasteiger partial charge is 0.336 e. The summed E-state index contributed by atoms with van der Waals surface area (Å²) in [6.07, 6.45) is 0.202. The first-order valence-corrected chi connectivity index (χ1v) is 6.72. The van der Waals surface area contributed by atoms with E-state index in [1.807, 2.05) is 0 Å². The van der Waals surface area contributed by atoms with Crippen LogP contribution in [-0.4, -0.2) is 17.0 Å². The number of carbonyl (C=O) groups excluding carboxylic acids is 1. The van der Waals surface area contributed by atoms with E-state index < -0.39 is 5.97 Å². The maximum absolute atomic E-state index is 12.0. The molecule has 21 heavy (non-hydrogen) atoms. The van der Waals surface area contributed by atoms with Crippen LogP contribution >= 0.6 is 11.6 Å². The van der Waals surface area contributed by atoms with Crippen LogP contribution in [0.1, 0.15) is 21.5 Å². The zero-order chi connectivity index (χ0) is 15.4. The number of amides is 1. The Labute approximate surface area is 127 Å². The van der Waals surface area contributed by atoms with Crippen LogP contribution in [0.4, 0.5) is 5.69 Å². The van der Waals surface area contributed by atoms with E-state index in [-0.39, 0.29) is 17.9 Å². The fourth-order valence-corrected chi connectivity index (χ4v) is 2.11. The number of carboxylic acid groups (broad SMARTS) is 1. The molecule has 0 aliphatic heterocycles. The van der Waals surface area contributed by atoms with Gasteiger partial charge in [-0.05, 0) is 42.3 Å². The zero-order valence-electron chi connectivity index (χ0n) is 11.4. The number of aromatic carboxylic acids is 1. The molecule has 0 saturated heterocycles. The fourth-order valence-electron chi connectivity index (χ4n) is 1.98. The Balaban J connectivity index is 2.11. The van der Waals surface area contributed by atoms with Crippen LogP contribution in [0.25, 0.3) is 0 Å². The van der Waals surface area contributed by atoms with Crippen molar-refractivity contribution >= 4 is 29.2 Å². The lowest BCUT2D eigenvalue weighted by Crippen LogP contribution is -2.16. The lowest BCUT2D eigenvalue weighted by Gasteiger charge is -2.10. The van der Waals surface area contributed by atoms with E-state index >= 15 is 0 Å². The monoisotopic (exact) mass is 303 g/mol. The highest BCUT2D eigenvalue weighted by molar-refractivity contribution is 6.30. The zero-order valence-corrected chi connectivity index (χ0v) is 12.1. The number of carboxylic acids is 1. The standard InChI is InChI=1S/C16H14ClNO3/c1-10-13(16(20)21)3-2-4-14(10)18-15(19)9-11-5-7-12(17)8-6-11/h2-8H,9H2,1H3,(H,18,19)(H,20,21). The molecule has 2 rings (SSSR count). The van der Waals surface area contributed by atoms with Gasteiger partial charge in [-0.1, -0.05) is 29.8 Å². The molecule has 0 saturated carbocycles. The van der Waals surface area contributed by atoms with E-state index in [0.29, 0.717) is 16.3 Å². The third-order valence-corrected chi connectivity index (χ3v) is 3.37. The van der Waals surface area contributed by atoms with E-state index in [0.717, 1.165) is 5.56 Å². The molecule has 4 nitrogen and oxygen atoms in total. The van der Waals surface area contributed by atoms with Crippen molar-refractivity contribution < 1.29 is 14.7 Å². The minimum atomic E-state index is -1.01. The van der Waals surface area contributed by atoms with Gasteiger partial charge >= 0.3 is 5.97 Å². The van der Waals surface area contributed by atoms with Crippen molar-refractivity contribution in [1.82, 2.24) is 0 Å². The number of halogens is 1. The summed E-state index contributed by atoms with van der Waals surface area (Å²) in [6.45, 7) is 1.67. The van der Waals surface area contributed by atoms with E-state index in [9.17, 15) is 9.59 Å². The lowest BCUT2D eigenvalue weighted by molar-refractivity contribution is -0.115. The normalized spacial score (nSPS) is 10.2. The minimum absolute atomic E-state index is 0.180. The second-order valence-electron chi connectivity index (χ2n) is 4.63. The molecule has 0 aliphatic rings. The quantitative estimate of drug-likeness (QED) is 0.908. The third kappa shape index (κ3) is 3.83. The van der Waals surface area contributed by atoms with Gasteiger partial charge in [0.15, 0.2) is 0 Å². The molecule has 108 valence electrons. The number of rotatable bonds is 4. The predicted octanol–water partition coefficient (Wildman–Crippen LogP) is 3.53. The average molecular weight is 304 g/mol. The van der Waals surface area contributed by atoms with Crippen molar-refractivity contribution in [3.05, 3.63) is 64.2 Å². The summed E-state index contributed by atoms with van der Waals surface area (Å²) in [5.41, 5.74) is 2.06. The van der Waals surface area contributed by atoms with Crippen molar-refractivity contribution in [1.29, 1.82) is 0 Å². The van der Waals surface area contributed by atoms with Crippen molar-refractivity contribution in [3.8, 4) is 0 Å². The van der Waals surface area contributed by atoms with E-state index in [2.05, 4.69) is 5.32 Å². The number of benzene rings is 2. The topological polar surface area (TPSA) is 66.4 Å². The lowest BCUT2D eigenvalue weighted by atomic mass is 10.1. The van der Waals surface area contributed by atoms with Crippen molar-refractivity contribution in [2.45, 2.75) is 13.3 Å². The second-order valence-corrected chi connectivity index (χ2v) is 5.07. The number of nitrogens with one attached hydrogen (secondary N) is 1. The highest BCUT2D eigenvalue weighted by Gasteiger charge is 2.12. The van der Waals surface area contributed by atoms with Crippen LogP contribution in [0.3, 0.4) is 0 Å². The van der Waals surface area contributed by atoms with Crippen LogP contribution in [0.5, 0.6) is 0 Å². The van der Waals surface area contributed by atoms with Gasteiger partial charge in [0, 0.05) is 10.7 Å². The van der Waals surface area contributed by atoms with Gasteiger partial charge in [-0.15, -0.1) is 0 Å². The van der Waals surface area contributed by atoms with Crippen LogP contribution in [-0.2, 0) is 11.2 Å². The SMILES string of the molecule is Cc1c(NC(=O)Cc2ccc(Cl)cc2)cccc1C(=O)O. The maximum atomic E-state index is 12.0. The maximum Gasteiger partial charge on any atom is 0.336 e. The number of carbonyl (C=O) groups is 2. The highest BCUT2D eigenvalue weighted by atomic mass is 35.5. The summed E-state index contributed by atoms with van der Waals surface area (Å²) in [6, 6.07) is 11.8. The molecule has 0 unspecified atom stereocenters. The second kappa shape index (κ2) is 6.41. The molecule has 0 aromatic heterocycles. The average Bonchev–Trinajstić information content (AvgIpc) is 2.43. The molecule has 0 atom stereocenters. The third-order valence-electron chi connectivity index (χ3n) is 3.12. The molecular weight excluding hydrogens is 290 g/mol. The van der Waals surface area contributed by atoms with Crippen LogP contribution < -0.4 is 5.32 Å². The number of hydrogen-bond acceptors (Lipinski definition) is 2. The van der Waals surface area contributed by atoms with Gasteiger partial charge < -0.3 is 10.4 Å². The first-order valence-electron chi connectivity index (χ1n) is 6.34. The molecule has 0 radical (unpaired) electrons. The molecule has 0 bridgehead atoms. The van der Waals surface area contributed by atoms with Gasteiger partial charge in [0.25, 0.3) is 0 Å². The van der Waals surface area contributed by atoms with Crippen molar-refractivity contribution in [3.63, 3.8) is 0 Å². The molecule has 0 fully saturated rings. The summed E-state index contributed by atoms with van der Waals surface area (Å²) in [5, 5.41) is 12.4. The minimum Gasteiger partial charge on any atom is -0.478 e. The van der Waals surface area contributed by atoms with Crippen LogP contribution in [0.2, 0.25) is 5.02 Å². The summed E-state index contributed by atoms with van der Waals surface area (Å²) < 4.78 is 0. The van der Waals surface area contributed by atoms with E-state index in [1.165, 1.54) is 6.07 Å². The van der Waals surface area contributed by atoms with Gasteiger partial charge in [-0.2, -0.15) is 0 Å². The van der Waals surface area contributed by atoms with E-state index in [1.54, 1.807) is 43.3 Å². The fraction of sp³-hybridized carbons (Fsp3) is 0.125. The Morgan fingerprint density at radius 2 is 1.81 bits per heavy atom. The van der Waals surface area contributed by atoms with Gasteiger partial charge in [0.1, 0.15) is 0 Å². The van der Waals surface area contributed by atoms with E-state index in [4.69, 9.17) is 16.7 Å². The summed E-state index contributed by atoms with van der Waals surface area (Å²) >= 11 is 5.79. The molecule has 0 spiro atoms. The van der Waals surface area contributed by atoms with Gasteiger partial charge in [-0.3, -0.25) is 4.79 Å². The molecular formula is C16H14ClNO3. The van der Waals surface area contributed by atoms with Gasteiger partial charge in [0.05, 0.1) is 12.0 Å². The Morgan fingerprint density at radius 1 is 1.14 bits per heavy atom. The summed E-state index contributed by atoms with van der Waals surface area (Å²) in [5.74, 6) is -1.22. The number of hydrogen-bond donors (Lipinski definition) is 2. The molecule has 2 aromatic rings. The van der Waals surface area contributed by atoms with Crippen molar-refractivity contribution in [2.24, 2.45) is 0 Å². The Kier molecular flexibility index (Phi) is 4.60. The molecule has 2 aromatic carbocycles. The van der Waals surface area contributed by atoms with Crippen LogP contribution in [0, 0.1) is 6.92 Å². The molecule has 0 heterocycles. The summed E-state index contributed by atoms with van der Waals surface area (Å²) in [7, 11) is 0. The predicted molar refractivity (Wildman–Crippen MR) is 81.9 cm³/mol. The number of anilines is 1.